The molecule has 9 nitrogen and oxygen atoms in total. The van der Waals surface area contributed by atoms with Crippen molar-refractivity contribution in [1.29, 1.82) is 0 Å². The highest BCUT2D eigenvalue weighted by molar-refractivity contribution is 5.58. The fourth-order valence-electron chi connectivity index (χ4n) is 3.37. The van der Waals surface area contributed by atoms with Crippen molar-refractivity contribution in [2.24, 2.45) is 0 Å². The van der Waals surface area contributed by atoms with Crippen molar-refractivity contribution in [1.82, 2.24) is 24.8 Å². The van der Waals surface area contributed by atoms with Gasteiger partial charge in [0.2, 0.25) is 17.8 Å². The Hall–Kier alpha value is -2.65. The first-order valence-electron chi connectivity index (χ1n) is 11.9. The number of nitrogens with zero attached hydrogens (tertiary/aromatic N) is 5. The highest BCUT2D eigenvalue weighted by Gasteiger charge is 2.08. The summed E-state index contributed by atoms with van der Waals surface area (Å²) in [5.74, 6) is 1.65. The van der Waals surface area contributed by atoms with Gasteiger partial charge in [0.05, 0.1) is 0 Å². The molecule has 0 radical (unpaired) electrons. The van der Waals surface area contributed by atoms with Crippen LogP contribution in [0.1, 0.15) is 40.5 Å². The minimum Gasteiger partial charge on any atom is -0.399 e. The maximum atomic E-state index is 5.79. The molecule has 0 atom stereocenters. The summed E-state index contributed by atoms with van der Waals surface area (Å²) in [7, 11) is 0. The van der Waals surface area contributed by atoms with Crippen molar-refractivity contribution >= 4 is 29.2 Å². The summed E-state index contributed by atoms with van der Waals surface area (Å²) in [6.45, 7) is 16.8. The molecule has 9 heteroatoms. The SMILES string of the molecule is CCN(CC)CCCNc1nc(NCCCN(CC)CC)nc(Nc2ccc(N)cc2)n1. The number of benzene rings is 1. The van der Waals surface area contributed by atoms with E-state index in [4.69, 9.17) is 5.73 Å². The number of aromatic nitrogens is 3. The fourth-order valence-corrected chi connectivity index (χ4v) is 3.37. The first-order valence-corrected chi connectivity index (χ1v) is 11.9. The molecule has 1 heterocycles. The van der Waals surface area contributed by atoms with E-state index in [1.807, 2.05) is 24.3 Å². The first-order chi connectivity index (χ1) is 15.6. The van der Waals surface area contributed by atoms with E-state index in [1.165, 1.54) is 0 Å². The third-order valence-electron chi connectivity index (χ3n) is 5.46. The minimum atomic E-state index is 0.502. The Morgan fingerprint density at radius 3 is 1.56 bits per heavy atom. The zero-order chi connectivity index (χ0) is 23.2. The molecule has 0 bridgehead atoms. The zero-order valence-electron chi connectivity index (χ0n) is 20.2. The number of nitrogens with two attached hydrogens (primary N) is 1. The van der Waals surface area contributed by atoms with Gasteiger partial charge in [-0.3, -0.25) is 0 Å². The van der Waals surface area contributed by atoms with Crippen molar-refractivity contribution in [2.75, 3.05) is 74.0 Å². The third kappa shape index (κ3) is 9.23. The van der Waals surface area contributed by atoms with E-state index in [-0.39, 0.29) is 0 Å². The lowest BCUT2D eigenvalue weighted by atomic mass is 10.3. The monoisotopic (exact) mass is 443 g/mol. The number of anilines is 5. The normalized spacial score (nSPS) is 11.2. The van der Waals surface area contributed by atoms with Crippen LogP contribution in [0.5, 0.6) is 0 Å². The molecule has 0 aliphatic heterocycles. The lowest BCUT2D eigenvalue weighted by Crippen LogP contribution is -2.26. The van der Waals surface area contributed by atoms with E-state index in [0.717, 1.165) is 76.6 Å². The van der Waals surface area contributed by atoms with Crippen LogP contribution in [0.3, 0.4) is 0 Å². The summed E-state index contributed by atoms with van der Waals surface area (Å²) >= 11 is 0. The number of nitrogens with one attached hydrogen (secondary N) is 3. The Kier molecular flexibility index (Phi) is 11.5. The molecule has 1 aromatic heterocycles. The van der Waals surface area contributed by atoms with Crippen LogP contribution in [-0.4, -0.2) is 77.1 Å². The molecule has 0 saturated carbocycles. The highest BCUT2D eigenvalue weighted by Crippen LogP contribution is 2.17. The topological polar surface area (TPSA) is 107 Å². The van der Waals surface area contributed by atoms with Crippen LogP contribution in [0, 0.1) is 0 Å². The molecule has 32 heavy (non-hydrogen) atoms. The van der Waals surface area contributed by atoms with Gasteiger partial charge in [-0.2, -0.15) is 15.0 Å². The van der Waals surface area contributed by atoms with Crippen LogP contribution < -0.4 is 21.7 Å². The van der Waals surface area contributed by atoms with E-state index >= 15 is 0 Å². The molecule has 178 valence electrons. The Labute approximate surface area is 193 Å². The second kappa shape index (κ2) is 14.4. The summed E-state index contributed by atoms with van der Waals surface area (Å²) in [5.41, 5.74) is 7.39. The second-order valence-corrected chi connectivity index (χ2v) is 7.67. The predicted octanol–water partition coefficient (Wildman–Crippen LogP) is 3.49. The number of nitrogen functional groups attached to an aromatic ring is 1. The number of hydrogen-bond donors (Lipinski definition) is 4. The average Bonchev–Trinajstić information content (AvgIpc) is 2.81. The van der Waals surface area contributed by atoms with Crippen molar-refractivity contribution < 1.29 is 0 Å². The molecule has 0 unspecified atom stereocenters. The third-order valence-corrected chi connectivity index (χ3v) is 5.46. The van der Waals surface area contributed by atoms with Gasteiger partial charge >= 0.3 is 0 Å². The molecule has 1 aromatic carbocycles. The molecule has 0 aliphatic carbocycles. The molecule has 0 fully saturated rings. The molecule has 0 amide bonds. The van der Waals surface area contributed by atoms with Crippen molar-refractivity contribution in [3.8, 4) is 0 Å². The van der Waals surface area contributed by atoms with Crippen LogP contribution >= 0.6 is 0 Å². The highest BCUT2D eigenvalue weighted by atomic mass is 15.3. The van der Waals surface area contributed by atoms with Crippen LogP contribution in [0.4, 0.5) is 29.2 Å². The van der Waals surface area contributed by atoms with E-state index in [0.29, 0.717) is 17.8 Å². The molecule has 5 N–H and O–H groups in total. The fraction of sp³-hybridized carbons (Fsp3) is 0.609. The minimum absolute atomic E-state index is 0.502. The van der Waals surface area contributed by atoms with Gasteiger partial charge in [-0.05, 0) is 76.4 Å². The van der Waals surface area contributed by atoms with Gasteiger partial charge in [-0.15, -0.1) is 0 Å². The Bertz CT molecular complexity index is 720. The van der Waals surface area contributed by atoms with Crippen molar-refractivity contribution in [3.63, 3.8) is 0 Å². The van der Waals surface area contributed by atoms with Gasteiger partial charge in [0.1, 0.15) is 0 Å². The molecule has 0 spiro atoms. The molecular formula is C23H41N9. The zero-order valence-corrected chi connectivity index (χ0v) is 20.2. The molecule has 0 aliphatic rings. The van der Waals surface area contributed by atoms with Gasteiger partial charge < -0.3 is 31.5 Å². The Balaban J connectivity index is 2.00. The van der Waals surface area contributed by atoms with Gasteiger partial charge in [-0.25, -0.2) is 0 Å². The second-order valence-electron chi connectivity index (χ2n) is 7.67. The molecule has 0 saturated heterocycles. The van der Waals surface area contributed by atoms with E-state index in [1.54, 1.807) is 0 Å². The van der Waals surface area contributed by atoms with Crippen LogP contribution in [0.2, 0.25) is 0 Å². The van der Waals surface area contributed by atoms with Gasteiger partial charge in [0.15, 0.2) is 0 Å². The lowest BCUT2D eigenvalue weighted by Gasteiger charge is -2.18. The maximum Gasteiger partial charge on any atom is 0.233 e. The van der Waals surface area contributed by atoms with Crippen LogP contribution in [-0.2, 0) is 0 Å². The molecular weight excluding hydrogens is 402 g/mol. The van der Waals surface area contributed by atoms with E-state index in [9.17, 15) is 0 Å². The van der Waals surface area contributed by atoms with Crippen LogP contribution in [0.25, 0.3) is 0 Å². The summed E-state index contributed by atoms with van der Waals surface area (Å²) in [6.07, 6.45) is 2.06. The van der Waals surface area contributed by atoms with Crippen molar-refractivity contribution in [3.05, 3.63) is 24.3 Å². The summed E-state index contributed by atoms with van der Waals surface area (Å²) in [5, 5.41) is 9.96. The number of hydrogen-bond acceptors (Lipinski definition) is 9. The maximum absolute atomic E-state index is 5.79. The standard InChI is InChI=1S/C23H41N9/c1-5-31(6-2)17-9-15-25-21-28-22(26-16-10-18-32(7-3)8-4)30-23(29-21)27-20-13-11-19(24)12-14-20/h11-14H,5-10,15-18,24H2,1-4H3,(H3,25,26,27,28,29,30). The summed E-state index contributed by atoms with van der Waals surface area (Å²) < 4.78 is 0. The Morgan fingerprint density at radius 2 is 1.12 bits per heavy atom. The quantitative estimate of drug-likeness (QED) is 0.229. The van der Waals surface area contributed by atoms with E-state index < -0.39 is 0 Å². The molecule has 2 rings (SSSR count). The summed E-state index contributed by atoms with van der Waals surface area (Å²) in [4.78, 5) is 18.5. The first kappa shape index (κ1) is 25.6. The predicted molar refractivity (Wildman–Crippen MR) is 136 cm³/mol. The lowest BCUT2D eigenvalue weighted by molar-refractivity contribution is 0.303. The van der Waals surface area contributed by atoms with Crippen molar-refractivity contribution in [2.45, 2.75) is 40.5 Å². The smallest absolute Gasteiger partial charge is 0.233 e. The Morgan fingerprint density at radius 1 is 0.688 bits per heavy atom. The number of rotatable bonds is 16. The van der Waals surface area contributed by atoms with E-state index in [2.05, 4.69) is 68.4 Å². The van der Waals surface area contributed by atoms with Gasteiger partial charge in [0, 0.05) is 24.5 Å². The van der Waals surface area contributed by atoms with Gasteiger partial charge in [0.25, 0.3) is 0 Å². The average molecular weight is 444 g/mol. The van der Waals surface area contributed by atoms with Crippen LogP contribution in [0.15, 0.2) is 24.3 Å². The summed E-state index contributed by atoms with van der Waals surface area (Å²) in [6, 6.07) is 7.52. The van der Waals surface area contributed by atoms with Gasteiger partial charge in [-0.1, -0.05) is 27.7 Å². The largest absolute Gasteiger partial charge is 0.399 e. The molecule has 2 aromatic rings.